The number of amides is 1. The summed E-state index contributed by atoms with van der Waals surface area (Å²) in [6.45, 7) is 4.47. The molecule has 0 spiro atoms. The van der Waals surface area contributed by atoms with Gasteiger partial charge in [-0.1, -0.05) is 0 Å². The van der Waals surface area contributed by atoms with Crippen LogP contribution in [0.5, 0.6) is 0 Å². The number of carbonyl (C=O) groups excluding carboxylic acids is 1. The van der Waals surface area contributed by atoms with Crippen molar-refractivity contribution in [3.8, 4) is 0 Å². The van der Waals surface area contributed by atoms with Gasteiger partial charge in [0.2, 0.25) is 5.91 Å². The lowest BCUT2D eigenvalue weighted by atomic mass is 9.93. The van der Waals surface area contributed by atoms with Gasteiger partial charge in [0.15, 0.2) is 0 Å². The molecule has 0 radical (unpaired) electrons. The van der Waals surface area contributed by atoms with E-state index in [1.807, 2.05) is 26.0 Å². The number of carboxylic acid groups (broad SMARTS) is 1. The van der Waals surface area contributed by atoms with Crippen LogP contribution < -0.4 is 0 Å². The average Bonchev–Trinajstić information content (AvgIpc) is 2.70. The van der Waals surface area contributed by atoms with Gasteiger partial charge in [-0.3, -0.25) is 9.59 Å². The van der Waals surface area contributed by atoms with Gasteiger partial charge >= 0.3 is 5.97 Å². The molecule has 2 unspecified atom stereocenters. The molecular weight excluding hydrogens is 262 g/mol. The fourth-order valence-corrected chi connectivity index (χ4v) is 3.80. The van der Waals surface area contributed by atoms with Crippen LogP contribution in [0, 0.1) is 12.8 Å². The van der Waals surface area contributed by atoms with E-state index in [0.717, 1.165) is 9.75 Å². The minimum absolute atomic E-state index is 0.0716. The van der Waals surface area contributed by atoms with Gasteiger partial charge in [-0.2, -0.15) is 0 Å². The molecule has 0 bridgehead atoms. The van der Waals surface area contributed by atoms with Crippen LogP contribution in [0.3, 0.4) is 0 Å². The van der Waals surface area contributed by atoms with Crippen molar-refractivity contribution in [3.63, 3.8) is 0 Å². The van der Waals surface area contributed by atoms with Crippen LogP contribution in [0.4, 0.5) is 0 Å². The zero-order valence-corrected chi connectivity index (χ0v) is 12.1. The minimum Gasteiger partial charge on any atom is -0.481 e. The van der Waals surface area contributed by atoms with Crippen LogP contribution in [0.1, 0.15) is 42.0 Å². The highest BCUT2D eigenvalue weighted by Crippen LogP contribution is 2.38. The molecule has 104 valence electrons. The second-order valence-corrected chi connectivity index (χ2v) is 6.23. The van der Waals surface area contributed by atoms with E-state index in [1.165, 1.54) is 0 Å². The van der Waals surface area contributed by atoms with E-state index in [9.17, 15) is 14.7 Å². The molecule has 2 rings (SSSR count). The quantitative estimate of drug-likeness (QED) is 0.927. The molecule has 2 heterocycles. The van der Waals surface area contributed by atoms with Crippen LogP contribution in [0.25, 0.3) is 0 Å². The topological polar surface area (TPSA) is 57.6 Å². The van der Waals surface area contributed by atoms with Gasteiger partial charge in [0.25, 0.3) is 0 Å². The van der Waals surface area contributed by atoms with Crippen LogP contribution >= 0.6 is 11.3 Å². The molecule has 4 nitrogen and oxygen atoms in total. The van der Waals surface area contributed by atoms with Gasteiger partial charge in [0.1, 0.15) is 0 Å². The number of hydrogen-bond acceptors (Lipinski definition) is 3. The first kappa shape index (κ1) is 14.1. The van der Waals surface area contributed by atoms with Crippen molar-refractivity contribution < 1.29 is 14.7 Å². The summed E-state index contributed by atoms with van der Waals surface area (Å²) in [7, 11) is 0. The van der Waals surface area contributed by atoms with E-state index >= 15 is 0 Å². The number of nitrogens with zero attached hydrogens (tertiary/aromatic N) is 1. The normalized spacial score (nSPS) is 24.3. The van der Waals surface area contributed by atoms with E-state index in [1.54, 1.807) is 16.2 Å². The smallest absolute Gasteiger partial charge is 0.308 e. The summed E-state index contributed by atoms with van der Waals surface area (Å²) in [4.78, 5) is 27.5. The molecule has 2 atom stereocenters. The largest absolute Gasteiger partial charge is 0.481 e. The van der Waals surface area contributed by atoms with Gasteiger partial charge in [0.05, 0.1) is 12.0 Å². The standard InChI is InChI=1S/C14H19NO3S/c1-3-15-12(16)6-4-5-10(14(17)18)13(15)11-8-7-9(2)19-11/h7-8,10,13H,3-6H2,1-2H3,(H,17,18). The van der Waals surface area contributed by atoms with Crippen molar-refractivity contribution in [3.05, 3.63) is 21.9 Å². The molecule has 1 aromatic heterocycles. The minimum atomic E-state index is -0.802. The summed E-state index contributed by atoms with van der Waals surface area (Å²) >= 11 is 1.59. The van der Waals surface area contributed by atoms with Crippen LogP contribution in [0.15, 0.2) is 12.1 Å². The fraction of sp³-hybridized carbons (Fsp3) is 0.571. The Kier molecular flexibility index (Phi) is 4.24. The Morgan fingerprint density at radius 3 is 2.79 bits per heavy atom. The third-order valence-electron chi connectivity index (χ3n) is 3.65. The van der Waals surface area contributed by atoms with E-state index in [-0.39, 0.29) is 11.9 Å². The Hall–Kier alpha value is -1.36. The first-order valence-corrected chi connectivity index (χ1v) is 7.44. The third-order valence-corrected chi connectivity index (χ3v) is 4.72. The second kappa shape index (κ2) is 5.74. The highest BCUT2D eigenvalue weighted by Gasteiger charge is 2.38. The lowest BCUT2D eigenvalue weighted by Gasteiger charge is -2.32. The first-order valence-electron chi connectivity index (χ1n) is 6.63. The van der Waals surface area contributed by atoms with E-state index in [4.69, 9.17) is 0 Å². The monoisotopic (exact) mass is 281 g/mol. The average molecular weight is 281 g/mol. The highest BCUT2D eigenvalue weighted by molar-refractivity contribution is 7.12. The zero-order chi connectivity index (χ0) is 14.0. The molecule has 1 amide bonds. The van der Waals surface area contributed by atoms with Crippen LogP contribution in [-0.4, -0.2) is 28.4 Å². The lowest BCUT2D eigenvalue weighted by molar-refractivity contribution is -0.145. The Morgan fingerprint density at radius 2 is 2.26 bits per heavy atom. The summed E-state index contributed by atoms with van der Waals surface area (Å²) in [6.07, 6.45) is 1.69. The van der Waals surface area contributed by atoms with Gasteiger partial charge in [-0.25, -0.2) is 0 Å². The molecule has 0 aromatic carbocycles. The molecular formula is C14H19NO3S. The number of likely N-dealkylation sites (tertiary alicyclic amines) is 1. The highest BCUT2D eigenvalue weighted by atomic mass is 32.1. The van der Waals surface area contributed by atoms with Crippen molar-refractivity contribution in [2.45, 2.75) is 39.2 Å². The van der Waals surface area contributed by atoms with Gasteiger partial charge in [-0.05, 0) is 38.8 Å². The number of hydrogen-bond donors (Lipinski definition) is 1. The molecule has 1 aliphatic rings. The zero-order valence-electron chi connectivity index (χ0n) is 11.3. The van der Waals surface area contributed by atoms with Gasteiger partial charge in [-0.15, -0.1) is 11.3 Å². The predicted octanol–water partition coefficient (Wildman–Crippen LogP) is 2.83. The molecule has 1 aromatic rings. The van der Waals surface area contributed by atoms with Crippen molar-refractivity contribution in [2.75, 3.05) is 6.54 Å². The Labute approximate surface area is 117 Å². The molecule has 1 N–H and O–H groups in total. The van der Waals surface area contributed by atoms with Crippen LogP contribution in [0.2, 0.25) is 0 Å². The summed E-state index contributed by atoms with van der Waals surface area (Å²) in [5.41, 5.74) is 0. The molecule has 5 heteroatoms. The van der Waals surface area contributed by atoms with Gasteiger partial charge < -0.3 is 10.0 Å². The number of rotatable bonds is 3. The Balaban J connectivity index is 2.43. The van der Waals surface area contributed by atoms with E-state index in [2.05, 4.69) is 0 Å². The van der Waals surface area contributed by atoms with E-state index in [0.29, 0.717) is 25.8 Å². The molecule has 0 aliphatic carbocycles. The molecule has 1 fully saturated rings. The van der Waals surface area contributed by atoms with Crippen molar-refractivity contribution in [2.24, 2.45) is 5.92 Å². The number of aliphatic carboxylic acids is 1. The molecule has 1 saturated heterocycles. The molecule has 19 heavy (non-hydrogen) atoms. The molecule has 0 saturated carbocycles. The van der Waals surface area contributed by atoms with Crippen molar-refractivity contribution in [1.29, 1.82) is 0 Å². The number of carboxylic acids is 1. The number of thiophene rings is 1. The van der Waals surface area contributed by atoms with E-state index < -0.39 is 11.9 Å². The summed E-state index contributed by atoms with van der Waals surface area (Å²) in [5.74, 6) is -1.23. The van der Waals surface area contributed by atoms with Crippen molar-refractivity contribution in [1.82, 2.24) is 4.90 Å². The Morgan fingerprint density at radius 1 is 1.53 bits per heavy atom. The number of aryl methyl sites for hydroxylation is 1. The maximum Gasteiger partial charge on any atom is 0.308 e. The predicted molar refractivity (Wildman–Crippen MR) is 74.2 cm³/mol. The third kappa shape index (κ3) is 2.81. The first-order chi connectivity index (χ1) is 9.04. The van der Waals surface area contributed by atoms with Gasteiger partial charge in [0, 0.05) is 22.7 Å². The van der Waals surface area contributed by atoms with Crippen molar-refractivity contribution >= 4 is 23.2 Å². The second-order valence-electron chi connectivity index (χ2n) is 4.91. The fourth-order valence-electron chi connectivity index (χ4n) is 2.74. The maximum atomic E-state index is 12.1. The van der Waals surface area contributed by atoms with Crippen LogP contribution in [-0.2, 0) is 9.59 Å². The lowest BCUT2D eigenvalue weighted by Crippen LogP contribution is -2.38. The summed E-state index contributed by atoms with van der Waals surface area (Å²) in [5, 5.41) is 9.47. The number of carbonyl (C=O) groups is 2. The molecule has 1 aliphatic heterocycles. The Bertz CT molecular complexity index is 481. The summed E-state index contributed by atoms with van der Waals surface area (Å²) < 4.78 is 0. The SMILES string of the molecule is CCN1C(=O)CCCC(C(=O)O)C1c1ccc(C)s1. The maximum absolute atomic E-state index is 12.1. The summed E-state index contributed by atoms with van der Waals surface area (Å²) in [6, 6.07) is 3.64.